The van der Waals surface area contributed by atoms with Crippen molar-refractivity contribution in [3.8, 4) is 0 Å². The Hall–Kier alpha value is -3.03. The summed E-state index contributed by atoms with van der Waals surface area (Å²) in [5, 5.41) is 0. The molecule has 0 bridgehead atoms. The number of nitrogens with zero attached hydrogens (tertiary/aromatic N) is 2. The van der Waals surface area contributed by atoms with E-state index >= 15 is 0 Å². The SMILES string of the molecule is COCCCN(CC(=O)N(CCc1ccccc1)Cc1ccc(C)o1)Cc1cccc(F)c1F. The average Bonchev–Trinajstić information content (AvgIpc) is 3.25. The van der Waals surface area contributed by atoms with Crippen LogP contribution in [0.4, 0.5) is 8.78 Å². The van der Waals surface area contributed by atoms with Gasteiger partial charge in [-0.3, -0.25) is 9.69 Å². The maximum atomic E-state index is 14.3. The molecule has 1 aromatic heterocycles. The maximum absolute atomic E-state index is 14.3. The van der Waals surface area contributed by atoms with E-state index in [0.29, 0.717) is 44.8 Å². The van der Waals surface area contributed by atoms with Gasteiger partial charge in [-0.05, 0) is 43.5 Å². The molecule has 34 heavy (non-hydrogen) atoms. The van der Waals surface area contributed by atoms with Crippen molar-refractivity contribution in [1.29, 1.82) is 0 Å². The highest BCUT2D eigenvalue weighted by Gasteiger charge is 2.21. The molecule has 182 valence electrons. The Kier molecular flexibility index (Phi) is 9.79. The summed E-state index contributed by atoms with van der Waals surface area (Å²) in [7, 11) is 1.61. The Balaban J connectivity index is 1.73. The summed E-state index contributed by atoms with van der Waals surface area (Å²) in [6, 6.07) is 17.8. The zero-order chi connectivity index (χ0) is 24.3. The van der Waals surface area contributed by atoms with Crippen LogP contribution in [-0.2, 0) is 29.0 Å². The number of furan rings is 1. The van der Waals surface area contributed by atoms with Crippen LogP contribution in [0.5, 0.6) is 0 Å². The Morgan fingerprint density at radius 1 is 0.971 bits per heavy atom. The lowest BCUT2D eigenvalue weighted by Crippen LogP contribution is -2.41. The first-order valence-corrected chi connectivity index (χ1v) is 11.5. The second-order valence-corrected chi connectivity index (χ2v) is 8.33. The minimum Gasteiger partial charge on any atom is -0.464 e. The van der Waals surface area contributed by atoms with Crippen molar-refractivity contribution in [2.45, 2.75) is 32.9 Å². The Morgan fingerprint density at radius 2 is 1.76 bits per heavy atom. The lowest BCUT2D eigenvalue weighted by Gasteiger charge is -2.27. The number of amides is 1. The van der Waals surface area contributed by atoms with Crippen molar-refractivity contribution in [3.05, 3.63) is 94.9 Å². The number of carbonyl (C=O) groups is 1. The monoisotopic (exact) mass is 470 g/mol. The van der Waals surface area contributed by atoms with E-state index in [9.17, 15) is 13.6 Å². The zero-order valence-corrected chi connectivity index (χ0v) is 19.8. The second kappa shape index (κ2) is 13.0. The molecule has 0 atom stereocenters. The first-order chi connectivity index (χ1) is 16.5. The smallest absolute Gasteiger partial charge is 0.237 e. The molecule has 0 saturated heterocycles. The van der Waals surface area contributed by atoms with Crippen LogP contribution in [0.25, 0.3) is 0 Å². The normalized spacial score (nSPS) is 11.2. The molecular weight excluding hydrogens is 438 g/mol. The van der Waals surface area contributed by atoms with Gasteiger partial charge in [-0.2, -0.15) is 0 Å². The number of benzene rings is 2. The van der Waals surface area contributed by atoms with Gasteiger partial charge in [0.25, 0.3) is 0 Å². The fourth-order valence-electron chi connectivity index (χ4n) is 3.81. The summed E-state index contributed by atoms with van der Waals surface area (Å²) in [5.74, 6) is -0.370. The number of ether oxygens (including phenoxy) is 1. The zero-order valence-electron chi connectivity index (χ0n) is 19.8. The van der Waals surface area contributed by atoms with Gasteiger partial charge in [0.1, 0.15) is 11.5 Å². The maximum Gasteiger partial charge on any atom is 0.237 e. The van der Waals surface area contributed by atoms with Gasteiger partial charge < -0.3 is 14.1 Å². The lowest BCUT2D eigenvalue weighted by atomic mass is 10.1. The summed E-state index contributed by atoms with van der Waals surface area (Å²) in [6.45, 7) is 3.97. The molecule has 0 aliphatic heterocycles. The summed E-state index contributed by atoms with van der Waals surface area (Å²) in [6.07, 6.45) is 1.37. The second-order valence-electron chi connectivity index (χ2n) is 8.33. The standard InChI is InChI=1S/C27H32F2N2O3/c1-21-12-13-24(34-21)19-31(16-14-22-8-4-3-5-9-22)26(32)20-30(15-7-17-33-2)18-23-10-6-11-25(28)27(23)29/h3-6,8-13H,7,14-20H2,1-2H3. The molecule has 1 amide bonds. The molecule has 0 aliphatic rings. The Morgan fingerprint density at radius 3 is 2.47 bits per heavy atom. The number of hydrogen-bond donors (Lipinski definition) is 0. The largest absolute Gasteiger partial charge is 0.464 e. The summed E-state index contributed by atoms with van der Waals surface area (Å²) in [5.41, 5.74) is 1.36. The third kappa shape index (κ3) is 7.78. The number of aryl methyl sites for hydroxylation is 1. The van der Waals surface area contributed by atoms with Gasteiger partial charge in [-0.15, -0.1) is 0 Å². The van der Waals surface area contributed by atoms with E-state index in [1.165, 1.54) is 6.07 Å². The third-order valence-corrected chi connectivity index (χ3v) is 5.62. The van der Waals surface area contributed by atoms with Crippen LogP contribution in [-0.4, -0.2) is 49.1 Å². The van der Waals surface area contributed by atoms with E-state index < -0.39 is 11.6 Å². The summed E-state index contributed by atoms with van der Waals surface area (Å²) in [4.78, 5) is 17.0. The molecule has 0 aliphatic carbocycles. The fraction of sp³-hybridized carbons (Fsp3) is 0.370. The molecular formula is C27H32F2N2O3. The van der Waals surface area contributed by atoms with Crippen molar-refractivity contribution in [1.82, 2.24) is 9.80 Å². The fourth-order valence-corrected chi connectivity index (χ4v) is 3.81. The highest BCUT2D eigenvalue weighted by Crippen LogP contribution is 2.16. The molecule has 2 aromatic carbocycles. The van der Waals surface area contributed by atoms with Crippen molar-refractivity contribution in [2.75, 3.05) is 33.4 Å². The molecule has 0 unspecified atom stereocenters. The summed E-state index contributed by atoms with van der Waals surface area (Å²) >= 11 is 0. The van der Waals surface area contributed by atoms with Gasteiger partial charge in [0, 0.05) is 38.9 Å². The molecule has 3 rings (SSSR count). The average molecular weight is 471 g/mol. The van der Waals surface area contributed by atoms with Crippen LogP contribution >= 0.6 is 0 Å². The van der Waals surface area contributed by atoms with E-state index in [2.05, 4.69) is 0 Å². The van der Waals surface area contributed by atoms with Crippen LogP contribution < -0.4 is 0 Å². The molecule has 0 N–H and O–H groups in total. The molecule has 5 nitrogen and oxygen atoms in total. The number of methoxy groups -OCH3 is 1. The molecule has 0 saturated carbocycles. The van der Waals surface area contributed by atoms with E-state index in [1.807, 2.05) is 54.3 Å². The minimum atomic E-state index is -0.890. The van der Waals surface area contributed by atoms with Crippen molar-refractivity contribution >= 4 is 5.91 Å². The first kappa shape index (κ1) is 25.6. The van der Waals surface area contributed by atoms with Crippen LogP contribution in [0.1, 0.15) is 29.1 Å². The van der Waals surface area contributed by atoms with Crippen LogP contribution in [0.15, 0.2) is 65.1 Å². The van der Waals surface area contributed by atoms with E-state index in [1.54, 1.807) is 18.1 Å². The molecule has 0 spiro atoms. The molecule has 7 heteroatoms. The lowest BCUT2D eigenvalue weighted by molar-refractivity contribution is -0.133. The van der Waals surface area contributed by atoms with Crippen molar-refractivity contribution in [2.24, 2.45) is 0 Å². The number of halogens is 2. The Bertz CT molecular complexity index is 1040. The van der Waals surface area contributed by atoms with E-state index in [4.69, 9.17) is 9.15 Å². The minimum absolute atomic E-state index is 0.0775. The van der Waals surface area contributed by atoms with Gasteiger partial charge in [0.05, 0.1) is 13.1 Å². The van der Waals surface area contributed by atoms with Crippen LogP contribution in [0.2, 0.25) is 0 Å². The molecule has 3 aromatic rings. The Labute approximate surface area is 199 Å². The summed E-state index contributed by atoms with van der Waals surface area (Å²) < 4.78 is 38.9. The number of carbonyl (C=O) groups excluding carboxylic acids is 1. The predicted octanol–water partition coefficient (Wildman–Crippen LogP) is 4.98. The van der Waals surface area contributed by atoms with Gasteiger partial charge >= 0.3 is 0 Å². The van der Waals surface area contributed by atoms with E-state index in [-0.39, 0.29) is 24.6 Å². The highest BCUT2D eigenvalue weighted by molar-refractivity contribution is 5.78. The molecule has 1 heterocycles. The number of hydrogen-bond acceptors (Lipinski definition) is 4. The van der Waals surface area contributed by atoms with Gasteiger partial charge in [-0.1, -0.05) is 42.5 Å². The van der Waals surface area contributed by atoms with Crippen LogP contribution in [0.3, 0.4) is 0 Å². The first-order valence-electron chi connectivity index (χ1n) is 11.5. The molecule has 0 fully saturated rings. The van der Waals surface area contributed by atoms with Gasteiger partial charge in [-0.25, -0.2) is 8.78 Å². The third-order valence-electron chi connectivity index (χ3n) is 5.62. The topological polar surface area (TPSA) is 45.9 Å². The van der Waals surface area contributed by atoms with Crippen molar-refractivity contribution < 1.29 is 22.7 Å². The predicted molar refractivity (Wildman–Crippen MR) is 127 cm³/mol. The number of rotatable bonds is 13. The highest BCUT2D eigenvalue weighted by atomic mass is 19.2. The van der Waals surface area contributed by atoms with Gasteiger partial charge in [0.2, 0.25) is 5.91 Å². The van der Waals surface area contributed by atoms with Crippen LogP contribution in [0, 0.1) is 18.6 Å². The molecule has 0 radical (unpaired) electrons. The van der Waals surface area contributed by atoms with Gasteiger partial charge in [0.15, 0.2) is 11.6 Å². The quantitative estimate of drug-likeness (QED) is 0.331. The van der Waals surface area contributed by atoms with Crippen molar-refractivity contribution in [3.63, 3.8) is 0 Å². The van der Waals surface area contributed by atoms with E-state index in [0.717, 1.165) is 17.4 Å².